The van der Waals surface area contributed by atoms with Crippen molar-refractivity contribution in [2.45, 2.75) is 25.6 Å². The normalized spacial score (nSPS) is 16.7. The summed E-state index contributed by atoms with van der Waals surface area (Å²) < 4.78 is 0. The minimum atomic E-state index is -0.0952. The van der Waals surface area contributed by atoms with E-state index in [1.165, 1.54) is 5.56 Å². The number of benzene rings is 2. The lowest BCUT2D eigenvalue weighted by Gasteiger charge is -2.19. The molecule has 1 saturated heterocycles. The molecule has 1 aliphatic heterocycles. The molecule has 0 spiro atoms. The Hall–Kier alpha value is -2.70. The van der Waals surface area contributed by atoms with Crippen molar-refractivity contribution in [1.82, 2.24) is 20.4 Å². The molecule has 2 aromatic rings. The van der Waals surface area contributed by atoms with E-state index in [0.717, 1.165) is 31.6 Å². The van der Waals surface area contributed by atoms with Gasteiger partial charge in [0, 0.05) is 44.8 Å². The maximum atomic E-state index is 12.4. The number of likely N-dealkylation sites (tertiary alicyclic amines) is 1. The molecule has 6 nitrogen and oxygen atoms in total. The first-order valence-corrected chi connectivity index (χ1v) is 10.1. The van der Waals surface area contributed by atoms with Gasteiger partial charge in [0.15, 0.2) is 0 Å². The van der Waals surface area contributed by atoms with Crippen LogP contribution in [0.15, 0.2) is 54.6 Å². The highest BCUT2D eigenvalue weighted by Crippen LogP contribution is 2.13. The van der Waals surface area contributed by atoms with Crippen LogP contribution >= 0.6 is 0 Å². The topological polar surface area (TPSA) is 64.7 Å². The standard InChI is InChI=1S/C23H30N4O2/c1-24-23(29)20-10-8-19(9-11-20)14-26(2)17-22(28)25-21-12-13-27(16-21)15-18-6-4-3-5-7-18/h3-11,21H,12-17H2,1-2H3,(H,24,29)(H,25,28)/t21-/m0/s1. The Morgan fingerprint density at radius 1 is 1.07 bits per heavy atom. The van der Waals surface area contributed by atoms with Crippen molar-refractivity contribution < 1.29 is 9.59 Å². The SMILES string of the molecule is CNC(=O)c1ccc(CN(C)CC(=O)N[C@H]2CCN(Cc3ccccc3)C2)cc1. The fourth-order valence-electron chi connectivity index (χ4n) is 3.73. The molecule has 3 rings (SSSR count). The molecule has 29 heavy (non-hydrogen) atoms. The minimum Gasteiger partial charge on any atom is -0.355 e. The molecule has 0 aliphatic carbocycles. The molecule has 0 aromatic heterocycles. The first-order chi connectivity index (χ1) is 14.0. The number of hydrogen-bond donors (Lipinski definition) is 2. The third-order valence-electron chi connectivity index (χ3n) is 5.20. The van der Waals surface area contributed by atoms with Gasteiger partial charge in [0.05, 0.1) is 6.54 Å². The summed E-state index contributed by atoms with van der Waals surface area (Å²) in [6.07, 6.45) is 0.989. The van der Waals surface area contributed by atoms with Gasteiger partial charge in [-0.3, -0.25) is 19.4 Å². The number of carbonyl (C=O) groups excluding carboxylic acids is 2. The smallest absolute Gasteiger partial charge is 0.251 e. The monoisotopic (exact) mass is 394 g/mol. The van der Waals surface area contributed by atoms with Crippen LogP contribution in [-0.2, 0) is 17.9 Å². The second-order valence-electron chi connectivity index (χ2n) is 7.72. The van der Waals surface area contributed by atoms with Gasteiger partial charge in [0.2, 0.25) is 5.91 Å². The van der Waals surface area contributed by atoms with E-state index in [2.05, 4.69) is 39.8 Å². The number of likely N-dealkylation sites (N-methyl/N-ethyl adjacent to an activating group) is 1. The van der Waals surface area contributed by atoms with E-state index in [-0.39, 0.29) is 17.9 Å². The quantitative estimate of drug-likeness (QED) is 0.718. The Bertz CT molecular complexity index is 807. The molecule has 0 unspecified atom stereocenters. The third-order valence-corrected chi connectivity index (χ3v) is 5.20. The summed E-state index contributed by atoms with van der Waals surface area (Å²) in [5.41, 5.74) is 3.02. The second-order valence-corrected chi connectivity index (χ2v) is 7.72. The summed E-state index contributed by atoms with van der Waals surface area (Å²) in [4.78, 5) is 28.4. The van der Waals surface area contributed by atoms with Gasteiger partial charge in [-0.25, -0.2) is 0 Å². The van der Waals surface area contributed by atoms with E-state index in [1.54, 1.807) is 7.05 Å². The van der Waals surface area contributed by atoms with Gasteiger partial charge in [0.25, 0.3) is 5.91 Å². The molecular formula is C23H30N4O2. The van der Waals surface area contributed by atoms with E-state index in [9.17, 15) is 9.59 Å². The number of hydrogen-bond acceptors (Lipinski definition) is 4. The molecule has 0 bridgehead atoms. The second kappa shape index (κ2) is 10.2. The maximum absolute atomic E-state index is 12.4. The number of carbonyl (C=O) groups is 2. The molecule has 0 radical (unpaired) electrons. The van der Waals surface area contributed by atoms with Crippen molar-refractivity contribution in [3.8, 4) is 0 Å². The van der Waals surface area contributed by atoms with Crippen LogP contribution in [0.25, 0.3) is 0 Å². The van der Waals surface area contributed by atoms with Crippen LogP contribution in [0.5, 0.6) is 0 Å². The van der Waals surface area contributed by atoms with Gasteiger partial charge < -0.3 is 10.6 Å². The van der Waals surface area contributed by atoms with Crippen molar-refractivity contribution in [2.24, 2.45) is 0 Å². The number of amides is 2. The van der Waals surface area contributed by atoms with Gasteiger partial charge in [0.1, 0.15) is 0 Å². The van der Waals surface area contributed by atoms with Crippen molar-refractivity contribution in [3.63, 3.8) is 0 Å². The molecule has 0 saturated carbocycles. The van der Waals surface area contributed by atoms with Gasteiger partial charge in [-0.2, -0.15) is 0 Å². The zero-order chi connectivity index (χ0) is 20.6. The van der Waals surface area contributed by atoms with E-state index < -0.39 is 0 Å². The van der Waals surface area contributed by atoms with Crippen molar-refractivity contribution in [1.29, 1.82) is 0 Å². The molecule has 1 atom stereocenters. The van der Waals surface area contributed by atoms with Crippen LogP contribution in [0.3, 0.4) is 0 Å². The zero-order valence-corrected chi connectivity index (χ0v) is 17.2. The highest BCUT2D eigenvalue weighted by molar-refractivity contribution is 5.93. The molecule has 1 aliphatic rings. The minimum absolute atomic E-state index is 0.0565. The maximum Gasteiger partial charge on any atom is 0.251 e. The fourth-order valence-corrected chi connectivity index (χ4v) is 3.73. The van der Waals surface area contributed by atoms with Gasteiger partial charge in [-0.05, 0) is 36.7 Å². The van der Waals surface area contributed by atoms with Crippen LogP contribution in [0, 0.1) is 0 Å². The average molecular weight is 395 g/mol. The largest absolute Gasteiger partial charge is 0.355 e. The lowest BCUT2D eigenvalue weighted by Crippen LogP contribution is -2.42. The Labute approximate surface area is 172 Å². The van der Waals surface area contributed by atoms with Crippen molar-refractivity contribution in [3.05, 3.63) is 71.3 Å². The molecule has 1 fully saturated rings. The first kappa shape index (κ1) is 21.0. The summed E-state index contributed by atoms with van der Waals surface area (Å²) >= 11 is 0. The first-order valence-electron chi connectivity index (χ1n) is 10.1. The van der Waals surface area contributed by atoms with E-state index in [1.807, 2.05) is 42.3 Å². The molecule has 6 heteroatoms. The van der Waals surface area contributed by atoms with Gasteiger partial charge in [-0.15, -0.1) is 0 Å². The fraction of sp³-hybridized carbons (Fsp3) is 0.391. The highest BCUT2D eigenvalue weighted by atomic mass is 16.2. The summed E-state index contributed by atoms with van der Waals surface area (Å²) in [6, 6.07) is 18.1. The van der Waals surface area contributed by atoms with Crippen LogP contribution < -0.4 is 10.6 Å². The highest BCUT2D eigenvalue weighted by Gasteiger charge is 2.24. The lowest BCUT2D eigenvalue weighted by molar-refractivity contribution is -0.122. The summed E-state index contributed by atoms with van der Waals surface area (Å²) in [5, 5.41) is 5.78. The van der Waals surface area contributed by atoms with E-state index >= 15 is 0 Å². The predicted octanol–water partition coefficient (Wildman–Crippen LogP) is 1.87. The van der Waals surface area contributed by atoms with Crippen LogP contribution in [0.4, 0.5) is 0 Å². The molecule has 2 amide bonds. The van der Waals surface area contributed by atoms with Crippen LogP contribution in [0.1, 0.15) is 27.9 Å². The molecule has 2 N–H and O–H groups in total. The van der Waals surface area contributed by atoms with Crippen LogP contribution in [0.2, 0.25) is 0 Å². The average Bonchev–Trinajstić information content (AvgIpc) is 3.15. The summed E-state index contributed by atoms with van der Waals surface area (Å²) in [7, 11) is 3.55. The molecular weight excluding hydrogens is 364 g/mol. The Morgan fingerprint density at radius 3 is 2.48 bits per heavy atom. The molecule has 2 aromatic carbocycles. The van der Waals surface area contributed by atoms with E-state index in [0.29, 0.717) is 18.7 Å². The lowest BCUT2D eigenvalue weighted by atomic mass is 10.1. The van der Waals surface area contributed by atoms with Gasteiger partial charge in [-0.1, -0.05) is 42.5 Å². The Kier molecular flexibility index (Phi) is 7.38. The molecule has 1 heterocycles. The third kappa shape index (κ3) is 6.41. The van der Waals surface area contributed by atoms with Crippen molar-refractivity contribution in [2.75, 3.05) is 33.7 Å². The Morgan fingerprint density at radius 2 is 1.79 bits per heavy atom. The zero-order valence-electron chi connectivity index (χ0n) is 17.2. The van der Waals surface area contributed by atoms with Gasteiger partial charge >= 0.3 is 0 Å². The van der Waals surface area contributed by atoms with Crippen molar-refractivity contribution >= 4 is 11.8 Å². The summed E-state index contributed by atoms with van der Waals surface area (Å²) in [5.74, 6) is -0.0387. The predicted molar refractivity (Wildman–Crippen MR) is 114 cm³/mol. The Balaban J connectivity index is 1.40. The van der Waals surface area contributed by atoms with E-state index in [4.69, 9.17) is 0 Å². The number of nitrogens with one attached hydrogen (secondary N) is 2. The summed E-state index contributed by atoms with van der Waals surface area (Å²) in [6.45, 7) is 3.84. The molecule has 154 valence electrons. The van der Waals surface area contributed by atoms with Crippen LogP contribution in [-0.4, -0.2) is 61.4 Å². The number of nitrogens with zero attached hydrogens (tertiary/aromatic N) is 2. The number of rotatable bonds is 8.